The summed E-state index contributed by atoms with van der Waals surface area (Å²) in [5.41, 5.74) is 4.25. The highest BCUT2D eigenvalue weighted by atomic mass is 16.3. The van der Waals surface area contributed by atoms with E-state index in [1.54, 1.807) is 0 Å². The molecule has 3 rings (SSSR count). The zero-order chi connectivity index (χ0) is 21.0. The van der Waals surface area contributed by atoms with Crippen molar-refractivity contribution in [3.8, 4) is 0 Å². The maximum absolute atomic E-state index is 10.5. The topological polar surface area (TPSA) is 65.8 Å². The summed E-state index contributed by atoms with van der Waals surface area (Å²) in [4.78, 5) is 19.4. The Labute approximate surface area is 172 Å². The summed E-state index contributed by atoms with van der Waals surface area (Å²) < 4.78 is 2.19. The summed E-state index contributed by atoms with van der Waals surface area (Å²) >= 11 is 0. The highest BCUT2D eigenvalue weighted by molar-refractivity contribution is 5.78. The molecule has 0 bridgehead atoms. The molecule has 1 aromatic carbocycles. The van der Waals surface area contributed by atoms with Gasteiger partial charge >= 0.3 is 0 Å². The molecule has 1 aromatic heterocycles. The van der Waals surface area contributed by atoms with Gasteiger partial charge in [-0.25, -0.2) is 0 Å². The Bertz CT molecular complexity index is 899. The van der Waals surface area contributed by atoms with E-state index in [1.165, 1.54) is 11.1 Å². The number of benzene rings is 1. The van der Waals surface area contributed by atoms with Gasteiger partial charge in [0, 0.05) is 20.1 Å². The van der Waals surface area contributed by atoms with Crippen LogP contribution < -0.4 is 10.2 Å². The van der Waals surface area contributed by atoms with E-state index in [0.717, 1.165) is 41.9 Å². The Hall–Kier alpha value is -3.09. The number of nitrogens with one attached hydrogen (secondary N) is 1. The summed E-state index contributed by atoms with van der Waals surface area (Å²) in [7, 11) is 1.96. The number of anilines is 2. The lowest BCUT2D eigenvalue weighted by atomic mass is 10.1. The molecule has 0 amide bonds. The van der Waals surface area contributed by atoms with Crippen LogP contribution in [0.25, 0.3) is 5.70 Å². The number of hydrogen-bond acceptors (Lipinski definition) is 6. The molecule has 2 aromatic rings. The van der Waals surface area contributed by atoms with Gasteiger partial charge in [-0.1, -0.05) is 55.1 Å². The smallest absolute Gasteiger partial charge is 0.205 e. The molecule has 1 aliphatic heterocycles. The number of nitrogens with zero attached hydrogens (tertiary/aromatic N) is 5. The van der Waals surface area contributed by atoms with E-state index in [4.69, 9.17) is 4.98 Å². The van der Waals surface area contributed by atoms with Crippen LogP contribution >= 0.6 is 0 Å². The predicted molar refractivity (Wildman–Crippen MR) is 120 cm³/mol. The van der Waals surface area contributed by atoms with Gasteiger partial charge in [-0.15, -0.1) is 0 Å². The van der Waals surface area contributed by atoms with Gasteiger partial charge in [-0.05, 0) is 25.3 Å². The minimum absolute atomic E-state index is 0.277. The van der Waals surface area contributed by atoms with Gasteiger partial charge in [0.15, 0.2) is 5.82 Å². The molecule has 1 aliphatic rings. The number of fused-ring (bicyclic) bond motifs is 1. The molecule has 0 atom stereocenters. The van der Waals surface area contributed by atoms with E-state index in [2.05, 4.69) is 66.3 Å². The van der Waals surface area contributed by atoms with Crippen LogP contribution in [0.5, 0.6) is 0 Å². The largest absolute Gasteiger partial charge is 0.356 e. The van der Waals surface area contributed by atoms with E-state index in [9.17, 15) is 4.91 Å². The van der Waals surface area contributed by atoms with Gasteiger partial charge < -0.3 is 19.7 Å². The molecule has 0 saturated heterocycles. The first-order valence-electron chi connectivity index (χ1n) is 10.1. The molecule has 154 valence electrons. The highest BCUT2D eigenvalue weighted by Crippen LogP contribution is 2.39. The van der Waals surface area contributed by atoms with E-state index < -0.39 is 0 Å². The van der Waals surface area contributed by atoms with E-state index in [0.29, 0.717) is 19.5 Å². The predicted octanol–water partition coefficient (Wildman–Crippen LogP) is 4.41. The molecule has 0 radical (unpaired) electrons. The van der Waals surface area contributed by atoms with Crippen LogP contribution in [0.1, 0.15) is 36.6 Å². The van der Waals surface area contributed by atoms with Crippen molar-refractivity contribution in [1.82, 2.24) is 14.5 Å². The average Bonchev–Trinajstić information content (AvgIpc) is 3.07. The summed E-state index contributed by atoms with van der Waals surface area (Å²) in [5, 5.41) is 6.43. The number of aromatic nitrogens is 2. The Morgan fingerprint density at radius 2 is 1.93 bits per heavy atom. The Kier molecular flexibility index (Phi) is 6.36. The fourth-order valence-corrected chi connectivity index (χ4v) is 3.51. The molecule has 7 nitrogen and oxygen atoms in total. The normalized spacial score (nSPS) is 13.6. The van der Waals surface area contributed by atoms with Crippen LogP contribution in [-0.2, 0) is 6.54 Å². The van der Waals surface area contributed by atoms with Crippen LogP contribution in [0.2, 0.25) is 0 Å². The molecular weight excluding hydrogens is 364 g/mol. The monoisotopic (exact) mass is 394 g/mol. The summed E-state index contributed by atoms with van der Waals surface area (Å²) in [5.74, 6) is 2.47. The van der Waals surface area contributed by atoms with Gasteiger partial charge in [-0.3, -0.25) is 0 Å². The summed E-state index contributed by atoms with van der Waals surface area (Å²) in [6, 6.07) is 8.54. The molecule has 7 heteroatoms. The summed E-state index contributed by atoms with van der Waals surface area (Å²) in [6.45, 7) is 15.2. The summed E-state index contributed by atoms with van der Waals surface area (Å²) in [6.07, 6.45) is 1.66. The van der Waals surface area contributed by atoms with E-state index >= 15 is 0 Å². The van der Waals surface area contributed by atoms with E-state index in [1.807, 2.05) is 16.8 Å². The van der Waals surface area contributed by atoms with Crippen LogP contribution in [0.3, 0.4) is 0 Å². The maximum Gasteiger partial charge on any atom is 0.205 e. The van der Waals surface area contributed by atoms with Gasteiger partial charge in [0.05, 0.1) is 18.8 Å². The number of rotatable bonds is 9. The van der Waals surface area contributed by atoms with Gasteiger partial charge in [0.2, 0.25) is 5.95 Å². The third-order valence-corrected chi connectivity index (χ3v) is 5.19. The molecule has 29 heavy (non-hydrogen) atoms. The second-order valence-electron chi connectivity index (χ2n) is 7.39. The molecular formula is C22H30N6O. The van der Waals surface area contributed by atoms with Crippen molar-refractivity contribution in [2.45, 2.75) is 33.2 Å². The first-order valence-corrected chi connectivity index (χ1v) is 10.1. The fourth-order valence-electron chi connectivity index (χ4n) is 3.51. The molecule has 1 N–H and O–H groups in total. The second-order valence-corrected chi connectivity index (χ2v) is 7.39. The third kappa shape index (κ3) is 4.18. The first-order chi connectivity index (χ1) is 14.0. The number of nitroso groups, excluding NO2 is 1. The average molecular weight is 395 g/mol. The molecule has 2 heterocycles. The van der Waals surface area contributed by atoms with Crippen molar-refractivity contribution in [3.05, 3.63) is 65.0 Å². The quantitative estimate of drug-likeness (QED) is 0.504. The number of imidazole rings is 1. The van der Waals surface area contributed by atoms with Gasteiger partial charge in [-0.2, -0.15) is 9.89 Å². The highest BCUT2D eigenvalue weighted by Gasteiger charge is 2.32. The van der Waals surface area contributed by atoms with Crippen LogP contribution in [0, 0.1) is 11.8 Å². The zero-order valence-electron chi connectivity index (χ0n) is 17.6. The zero-order valence-corrected chi connectivity index (χ0v) is 17.6. The molecule has 0 unspecified atom stereocenters. The lowest BCUT2D eigenvalue weighted by Crippen LogP contribution is -2.37. The minimum Gasteiger partial charge on any atom is -0.356 e. The van der Waals surface area contributed by atoms with Crippen LogP contribution in [0.15, 0.2) is 48.4 Å². The van der Waals surface area contributed by atoms with Crippen LogP contribution in [-0.4, -0.2) is 41.1 Å². The molecule has 0 aliphatic carbocycles. The van der Waals surface area contributed by atoms with Crippen LogP contribution in [0.4, 0.5) is 11.8 Å². The number of hydrogen-bond donors (Lipinski definition) is 1. The van der Waals surface area contributed by atoms with Crippen molar-refractivity contribution in [1.29, 1.82) is 0 Å². The van der Waals surface area contributed by atoms with Crippen molar-refractivity contribution >= 4 is 17.5 Å². The molecule has 0 fully saturated rings. The lowest BCUT2D eigenvalue weighted by molar-refractivity contribution is 0.454. The van der Waals surface area contributed by atoms with Crippen molar-refractivity contribution in [2.75, 3.05) is 36.9 Å². The fraction of sp³-hybridized carbons (Fsp3) is 0.409. The second kappa shape index (κ2) is 8.94. The third-order valence-electron chi connectivity index (χ3n) is 5.19. The number of aryl methyl sites for hydroxylation is 1. The lowest BCUT2D eigenvalue weighted by Gasteiger charge is -2.38. The molecule has 0 spiro atoms. The van der Waals surface area contributed by atoms with Crippen molar-refractivity contribution in [3.63, 3.8) is 0 Å². The van der Waals surface area contributed by atoms with Crippen molar-refractivity contribution in [2.24, 2.45) is 5.18 Å². The SMILES string of the molecule is C=C1c2c(nc(NCCC)n2Cc2ccc(C)cc2)N(C)C(=C)N1CCCN=O. The van der Waals surface area contributed by atoms with Gasteiger partial charge in [0.1, 0.15) is 11.5 Å². The Morgan fingerprint density at radius 3 is 2.59 bits per heavy atom. The van der Waals surface area contributed by atoms with Crippen molar-refractivity contribution < 1.29 is 0 Å². The molecule has 0 saturated carbocycles. The first kappa shape index (κ1) is 20.6. The standard InChI is InChI=1S/C22H30N6O/c1-6-12-23-22-25-21-20(28(22)15-19-10-8-16(2)9-11-19)17(3)27(14-7-13-24-29)18(4)26(21)5/h8-11H,3-4,6-7,12-15H2,1-2,5H3,(H,23,25). The Balaban J connectivity index is 2.02. The minimum atomic E-state index is 0.277. The van der Waals surface area contributed by atoms with Gasteiger partial charge in [0.25, 0.3) is 0 Å². The Morgan fingerprint density at radius 1 is 1.21 bits per heavy atom. The van der Waals surface area contributed by atoms with E-state index in [-0.39, 0.29) is 6.54 Å². The maximum atomic E-state index is 10.5.